The van der Waals surface area contributed by atoms with Gasteiger partial charge in [-0.15, -0.1) is 0 Å². The predicted octanol–water partition coefficient (Wildman–Crippen LogP) is 1.42. The highest BCUT2D eigenvalue weighted by atomic mass is 32.2. The number of thioether (sulfide) groups is 1. The maximum absolute atomic E-state index is 3.48. The molecular formula is C10H22N2S. The Morgan fingerprint density at radius 1 is 1.62 bits per heavy atom. The molecule has 0 bridgehead atoms. The normalized spacial score (nSPS) is 27.5. The van der Waals surface area contributed by atoms with Crippen LogP contribution < -0.4 is 5.32 Å². The lowest BCUT2D eigenvalue weighted by atomic mass is 10.1. The third-order valence-electron chi connectivity index (χ3n) is 2.76. The van der Waals surface area contributed by atoms with Crippen molar-refractivity contribution in [1.29, 1.82) is 0 Å². The van der Waals surface area contributed by atoms with E-state index >= 15 is 0 Å². The third kappa shape index (κ3) is 3.88. The molecule has 1 aliphatic rings. The standard InChI is InChI=1S/C10H22N2S/c1-9-8-12(6-5-11-9)10(2)4-7-13-3/h9-11H,4-8H2,1-3H3. The van der Waals surface area contributed by atoms with Gasteiger partial charge >= 0.3 is 0 Å². The van der Waals surface area contributed by atoms with Crippen molar-refractivity contribution in [3.63, 3.8) is 0 Å². The molecule has 0 aromatic heterocycles. The number of hydrogen-bond acceptors (Lipinski definition) is 3. The van der Waals surface area contributed by atoms with E-state index in [4.69, 9.17) is 0 Å². The topological polar surface area (TPSA) is 15.3 Å². The molecule has 0 aromatic carbocycles. The molecule has 0 amide bonds. The molecule has 0 aromatic rings. The van der Waals surface area contributed by atoms with Crippen LogP contribution in [0.1, 0.15) is 20.3 Å². The van der Waals surface area contributed by atoms with Crippen molar-refractivity contribution < 1.29 is 0 Å². The van der Waals surface area contributed by atoms with E-state index in [0.29, 0.717) is 6.04 Å². The van der Waals surface area contributed by atoms with Gasteiger partial charge in [0.15, 0.2) is 0 Å². The molecule has 0 spiro atoms. The van der Waals surface area contributed by atoms with Crippen LogP contribution in [0.2, 0.25) is 0 Å². The smallest absolute Gasteiger partial charge is 0.0167 e. The summed E-state index contributed by atoms with van der Waals surface area (Å²) in [6, 6.07) is 1.43. The number of piperazine rings is 1. The number of nitrogens with one attached hydrogen (secondary N) is 1. The van der Waals surface area contributed by atoms with E-state index in [1.807, 2.05) is 11.8 Å². The van der Waals surface area contributed by atoms with E-state index in [1.54, 1.807) is 0 Å². The molecule has 1 N–H and O–H groups in total. The fourth-order valence-corrected chi connectivity index (χ4v) is 2.41. The van der Waals surface area contributed by atoms with E-state index in [9.17, 15) is 0 Å². The summed E-state index contributed by atoms with van der Waals surface area (Å²) in [4.78, 5) is 2.61. The van der Waals surface area contributed by atoms with Crippen molar-refractivity contribution in [2.75, 3.05) is 31.6 Å². The minimum Gasteiger partial charge on any atom is -0.312 e. The number of hydrogen-bond donors (Lipinski definition) is 1. The van der Waals surface area contributed by atoms with Crippen molar-refractivity contribution in [2.45, 2.75) is 32.4 Å². The Kier molecular flexibility index (Phi) is 5.14. The van der Waals surface area contributed by atoms with E-state index in [-0.39, 0.29) is 0 Å². The SMILES string of the molecule is CSCCC(C)N1CCNC(C)C1. The molecule has 3 heteroatoms. The van der Waals surface area contributed by atoms with Gasteiger partial charge in [-0.05, 0) is 32.3 Å². The third-order valence-corrected chi connectivity index (χ3v) is 3.41. The van der Waals surface area contributed by atoms with Gasteiger partial charge in [0.1, 0.15) is 0 Å². The van der Waals surface area contributed by atoms with E-state index in [0.717, 1.165) is 12.6 Å². The van der Waals surface area contributed by atoms with Crippen molar-refractivity contribution in [3.8, 4) is 0 Å². The Labute approximate surface area is 86.5 Å². The largest absolute Gasteiger partial charge is 0.312 e. The van der Waals surface area contributed by atoms with Crippen molar-refractivity contribution in [1.82, 2.24) is 10.2 Å². The molecule has 2 nitrogen and oxygen atoms in total. The average Bonchev–Trinajstić information content (AvgIpc) is 2.14. The molecule has 13 heavy (non-hydrogen) atoms. The summed E-state index contributed by atoms with van der Waals surface area (Å²) >= 11 is 1.95. The van der Waals surface area contributed by atoms with Crippen LogP contribution >= 0.6 is 11.8 Å². The first kappa shape index (κ1) is 11.3. The highest BCUT2D eigenvalue weighted by Gasteiger charge is 2.19. The lowest BCUT2D eigenvalue weighted by Gasteiger charge is -2.36. The van der Waals surface area contributed by atoms with Crippen LogP contribution in [0.15, 0.2) is 0 Å². The first-order valence-corrected chi connectivity index (χ1v) is 6.59. The van der Waals surface area contributed by atoms with Crippen LogP contribution in [-0.2, 0) is 0 Å². The van der Waals surface area contributed by atoms with Crippen LogP contribution in [0.5, 0.6) is 0 Å². The second-order valence-electron chi connectivity index (χ2n) is 3.98. The molecule has 78 valence electrons. The van der Waals surface area contributed by atoms with Gasteiger partial charge in [0.2, 0.25) is 0 Å². The molecule has 1 aliphatic heterocycles. The second kappa shape index (κ2) is 5.89. The molecule has 1 saturated heterocycles. The molecule has 1 fully saturated rings. The maximum Gasteiger partial charge on any atom is 0.0167 e. The van der Waals surface area contributed by atoms with Crippen molar-refractivity contribution in [3.05, 3.63) is 0 Å². The summed E-state index contributed by atoms with van der Waals surface area (Å²) in [5.74, 6) is 1.29. The molecule has 0 saturated carbocycles. The monoisotopic (exact) mass is 202 g/mol. The Hall–Kier alpha value is 0.270. The summed E-state index contributed by atoms with van der Waals surface area (Å²) in [6.45, 7) is 8.22. The molecule has 1 rings (SSSR count). The molecule has 2 atom stereocenters. The van der Waals surface area contributed by atoms with Crippen LogP contribution in [0, 0.1) is 0 Å². The van der Waals surface area contributed by atoms with Crippen LogP contribution in [0.25, 0.3) is 0 Å². The van der Waals surface area contributed by atoms with Gasteiger partial charge < -0.3 is 5.32 Å². The molecule has 1 heterocycles. The minimum absolute atomic E-state index is 0.672. The summed E-state index contributed by atoms with van der Waals surface area (Å²) in [7, 11) is 0. The first-order chi connectivity index (χ1) is 6.24. The van der Waals surface area contributed by atoms with Gasteiger partial charge in [-0.3, -0.25) is 4.90 Å². The Morgan fingerprint density at radius 3 is 3.00 bits per heavy atom. The Morgan fingerprint density at radius 2 is 2.38 bits per heavy atom. The lowest BCUT2D eigenvalue weighted by Crippen LogP contribution is -2.52. The van der Waals surface area contributed by atoms with Gasteiger partial charge in [0, 0.05) is 31.7 Å². The molecular weight excluding hydrogens is 180 g/mol. The second-order valence-corrected chi connectivity index (χ2v) is 4.97. The summed E-state index contributed by atoms with van der Waals surface area (Å²) < 4.78 is 0. The zero-order valence-corrected chi connectivity index (χ0v) is 9.86. The zero-order chi connectivity index (χ0) is 9.68. The highest BCUT2D eigenvalue weighted by molar-refractivity contribution is 7.98. The van der Waals surface area contributed by atoms with Crippen LogP contribution in [0.3, 0.4) is 0 Å². The number of rotatable bonds is 4. The predicted molar refractivity (Wildman–Crippen MR) is 61.5 cm³/mol. The first-order valence-electron chi connectivity index (χ1n) is 5.20. The fourth-order valence-electron chi connectivity index (χ4n) is 1.83. The minimum atomic E-state index is 0.672. The van der Waals surface area contributed by atoms with E-state index < -0.39 is 0 Å². The van der Waals surface area contributed by atoms with Gasteiger partial charge in [-0.1, -0.05) is 0 Å². The quantitative estimate of drug-likeness (QED) is 0.742. The van der Waals surface area contributed by atoms with Gasteiger partial charge in [-0.25, -0.2) is 0 Å². The Balaban J connectivity index is 2.24. The van der Waals surface area contributed by atoms with Gasteiger partial charge in [0.25, 0.3) is 0 Å². The zero-order valence-electron chi connectivity index (χ0n) is 9.05. The van der Waals surface area contributed by atoms with Crippen LogP contribution in [-0.4, -0.2) is 48.6 Å². The molecule has 0 radical (unpaired) electrons. The lowest BCUT2D eigenvalue weighted by molar-refractivity contribution is 0.155. The van der Waals surface area contributed by atoms with Gasteiger partial charge in [-0.2, -0.15) is 11.8 Å². The highest BCUT2D eigenvalue weighted by Crippen LogP contribution is 2.10. The van der Waals surface area contributed by atoms with E-state index in [2.05, 4.69) is 30.3 Å². The van der Waals surface area contributed by atoms with E-state index in [1.165, 1.54) is 25.3 Å². The van der Waals surface area contributed by atoms with Crippen LogP contribution in [0.4, 0.5) is 0 Å². The summed E-state index contributed by atoms with van der Waals surface area (Å²) in [5.41, 5.74) is 0. The van der Waals surface area contributed by atoms with Crippen molar-refractivity contribution in [2.24, 2.45) is 0 Å². The van der Waals surface area contributed by atoms with Crippen molar-refractivity contribution >= 4 is 11.8 Å². The number of nitrogens with zero attached hydrogens (tertiary/aromatic N) is 1. The van der Waals surface area contributed by atoms with Gasteiger partial charge in [0.05, 0.1) is 0 Å². The molecule has 0 aliphatic carbocycles. The summed E-state index contributed by atoms with van der Waals surface area (Å²) in [5, 5.41) is 3.48. The Bertz CT molecular complexity index is 141. The fraction of sp³-hybridized carbons (Fsp3) is 1.00. The summed E-state index contributed by atoms with van der Waals surface area (Å²) in [6.07, 6.45) is 3.51. The molecule has 2 unspecified atom stereocenters. The maximum atomic E-state index is 3.48. The average molecular weight is 202 g/mol.